The largest absolute Gasteiger partial charge is 0.352 e. The molecule has 0 aliphatic heterocycles. The molecule has 4 rings (SSSR count). The van der Waals surface area contributed by atoms with Crippen LogP contribution < -0.4 is 9.62 Å². The quantitative estimate of drug-likeness (QED) is 0.315. The van der Waals surface area contributed by atoms with Crippen LogP contribution in [0, 0.1) is 13.8 Å². The van der Waals surface area contributed by atoms with Gasteiger partial charge in [-0.1, -0.05) is 80.8 Å². The molecule has 1 fully saturated rings. The summed E-state index contributed by atoms with van der Waals surface area (Å²) < 4.78 is 29.1. The van der Waals surface area contributed by atoms with Gasteiger partial charge in [-0.3, -0.25) is 13.9 Å². The molecule has 3 aromatic rings. The molecule has 0 radical (unpaired) electrons. The molecular formula is C33H41N3O4S. The summed E-state index contributed by atoms with van der Waals surface area (Å²) in [5.41, 5.74) is 3.06. The lowest BCUT2D eigenvalue weighted by molar-refractivity contribution is -0.140. The van der Waals surface area contributed by atoms with Gasteiger partial charge in [-0.25, -0.2) is 8.42 Å². The number of benzene rings is 3. The topological polar surface area (TPSA) is 86.8 Å². The van der Waals surface area contributed by atoms with Crippen LogP contribution in [0.4, 0.5) is 5.69 Å². The average Bonchev–Trinajstić information content (AvgIpc) is 2.96. The van der Waals surface area contributed by atoms with Gasteiger partial charge < -0.3 is 10.2 Å². The highest BCUT2D eigenvalue weighted by atomic mass is 32.2. The molecule has 1 atom stereocenters. The Morgan fingerprint density at radius 1 is 0.878 bits per heavy atom. The Hall–Kier alpha value is -3.65. The summed E-state index contributed by atoms with van der Waals surface area (Å²) in [6, 6.07) is 22.5. The van der Waals surface area contributed by atoms with Crippen molar-refractivity contribution in [1.29, 1.82) is 0 Å². The second kappa shape index (κ2) is 13.8. The second-order valence-electron chi connectivity index (χ2n) is 10.9. The molecule has 0 aromatic heterocycles. The Labute approximate surface area is 244 Å². The Bertz CT molecular complexity index is 1400. The van der Waals surface area contributed by atoms with Gasteiger partial charge in [0.15, 0.2) is 0 Å². The van der Waals surface area contributed by atoms with Crippen molar-refractivity contribution >= 4 is 27.5 Å². The van der Waals surface area contributed by atoms with Gasteiger partial charge in [0.05, 0.1) is 10.6 Å². The lowest BCUT2D eigenvalue weighted by Crippen LogP contribution is -2.54. The minimum absolute atomic E-state index is 0.101. The van der Waals surface area contributed by atoms with Crippen molar-refractivity contribution in [2.45, 2.75) is 82.8 Å². The number of hydrogen-bond acceptors (Lipinski definition) is 4. The van der Waals surface area contributed by atoms with Gasteiger partial charge in [0.2, 0.25) is 11.8 Å². The summed E-state index contributed by atoms with van der Waals surface area (Å²) in [6.45, 7) is 5.45. The number of nitrogens with one attached hydrogen (secondary N) is 1. The summed E-state index contributed by atoms with van der Waals surface area (Å²) in [5.74, 6) is -0.620. The van der Waals surface area contributed by atoms with Crippen LogP contribution in [0.25, 0.3) is 0 Å². The second-order valence-corrected chi connectivity index (χ2v) is 12.8. The molecule has 2 amide bonds. The van der Waals surface area contributed by atoms with Crippen LogP contribution in [-0.4, -0.2) is 43.8 Å². The van der Waals surface area contributed by atoms with E-state index in [9.17, 15) is 18.0 Å². The molecule has 0 saturated heterocycles. The highest BCUT2D eigenvalue weighted by Crippen LogP contribution is 2.27. The monoisotopic (exact) mass is 575 g/mol. The lowest BCUT2D eigenvalue weighted by Gasteiger charge is -2.34. The summed E-state index contributed by atoms with van der Waals surface area (Å²) in [5, 5.41) is 3.18. The molecule has 0 spiro atoms. The summed E-state index contributed by atoms with van der Waals surface area (Å²) in [7, 11) is -4.08. The smallest absolute Gasteiger partial charge is 0.264 e. The average molecular weight is 576 g/mol. The molecule has 1 aliphatic rings. The Balaban J connectivity index is 1.71. The first-order valence-corrected chi connectivity index (χ1v) is 15.9. The third-order valence-corrected chi connectivity index (χ3v) is 9.43. The molecule has 3 aromatic carbocycles. The number of carbonyl (C=O) groups excluding carboxylic acids is 2. The number of anilines is 1. The first-order chi connectivity index (χ1) is 19.7. The van der Waals surface area contributed by atoms with Gasteiger partial charge in [-0.2, -0.15) is 0 Å². The fourth-order valence-electron chi connectivity index (χ4n) is 5.59. The zero-order valence-electron chi connectivity index (χ0n) is 24.3. The predicted octanol–water partition coefficient (Wildman–Crippen LogP) is 5.76. The van der Waals surface area contributed by atoms with Crippen LogP contribution in [0.2, 0.25) is 0 Å². The third kappa shape index (κ3) is 7.76. The van der Waals surface area contributed by atoms with Gasteiger partial charge in [-0.15, -0.1) is 0 Å². The molecule has 1 N–H and O–H groups in total. The van der Waals surface area contributed by atoms with Crippen LogP contribution in [-0.2, 0) is 26.2 Å². The van der Waals surface area contributed by atoms with Crippen molar-refractivity contribution in [3.05, 3.63) is 95.6 Å². The van der Waals surface area contributed by atoms with E-state index >= 15 is 0 Å². The molecule has 0 bridgehead atoms. The normalized spacial score (nSPS) is 14.7. The Morgan fingerprint density at radius 3 is 2.05 bits per heavy atom. The van der Waals surface area contributed by atoms with E-state index < -0.39 is 28.5 Å². The van der Waals surface area contributed by atoms with E-state index in [-0.39, 0.29) is 23.4 Å². The van der Waals surface area contributed by atoms with Crippen molar-refractivity contribution in [1.82, 2.24) is 10.2 Å². The standard InChI is InChI=1S/C33H41N3O4S/c1-4-31(33(38)34-28-16-10-6-11-17-28)35(23-27-14-8-5-9-15-27)32(37)24-36(29-21-25(2)20-26(3)22-29)41(39,40)30-18-12-7-13-19-30/h5,7-9,12-15,18-22,28,31H,4,6,10-11,16-17,23-24H2,1-3H3,(H,34,38). The van der Waals surface area contributed by atoms with Gasteiger partial charge in [-0.05, 0) is 74.1 Å². The number of hydrogen-bond donors (Lipinski definition) is 1. The van der Waals surface area contributed by atoms with E-state index in [0.717, 1.165) is 42.4 Å². The minimum atomic E-state index is -4.08. The van der Waals surface area contributed by atoms with Gasteiger partial charge >= 0.3 is 0 Å². The summed E-state index contributed by atoms with van der Waals surface area (Å²) >= 11 is 0. The fourth-order valence-corrected chi connectivity index (χ4v) is 7.01. The minimum Gasteiger partial charge on any atom is -0.352 e. The van der Waals surface area contributed by atoms with E-state index in [2.05, 4.69) is 5.32 Å². The molecule has 0 heterocycles. The predicted molar refractivity (Wildman–Crippen MR) is 163 cm³/mol. The van der Waals surface area contributed by atoms with Crippen molar-refractivity contribution in [2.24, 2.45) is 0 Å². The van der Waals surface area contributed by atoms with E-state index in [1.807, 2.05) is 57.2 Å². The first-order valence-electron chi connectivity index (χ1n) is 14.5. The van der Waals surface area contributed by atoms with Crippen molar-refractivity contribution in [3.8, 4) is 0 Å². The number of rotatable bonds is 11. The number of nitrogens with zero attached hydrogens (tertiary/aromatic N) is 2. The maximum Gasteiger partial charge on any atom is 0.264 e. The number of sulfonamides is 1. The van der Waals surface area contributed by atoms with Gasteiger partial charge in [0.25, 0.3) is 10.0 Å². The SMILES string of the molecule is CCC(C(=O)NC1CCCCC1)N(Cc1ccccc1)C(=O)CN(c1cc(C)cc(C)c1)S(=O)(=O)c1ccccc1. The maximum atomic E-state index is 14.2. The van der Waals surface area contributed by atoms with Crippen LogP contribution in [0.15, 0.2) is 83.8 Å². The third-order valence-electron chi connectivity index (χ3n) is 7.64. The van der Waals surface area contributed by atoms with E-state index in [0.29, 0.717) is 12.1 Å². The highest BCUT2D eigenvalue weighted by molar-refractivity contribution is 7.92. The Kier molecular flexibility index (Phi) is 10.2. The lowest BCUT2D eigenvalue weighted by atomic mass is 9.95. The Morgan fingerprint density at radius 2 is 1.46 bits per heavy atom. The maximum absolute atomic E-state index is 14.2. The molecule has 1 aliphatic carbocycles. The van der Waals surface area contributed by atoms with E-state index in [1.54, 1.807) is 35.2 Å². The summed E-state index contributed by atoms with van der Waals surface area (Å²) in [4.78, 5) is 29.5. The molecule has 218 valence electrons. The molecule has 41 heavy (non-hydrogen) atoms. The first kappa shape index (κ1) is 30.3. The highest BCUT2D eigenvalue weighted by Gasteiger charge is 2.34. The molecule has 1 saturated carbocycles. The van der Waals surface area contributed by atoms with Crippen LogP contribution in [0.1, 0.15) is 62.1 Å². The van der Waals surface area contributed by atoms with Crippen molar-refractivity contribution in [2.75, 3.05) is 10.8 Å². The molecule has 7 nitrogen and oxygen atoms in total. The van der Waals surface area contributed by atoms with Crippen molar-refractivity contribution < 1.29 is 18.0 Å². The van der Waals surface area contributed by atoms with Gasteiger partial charge in [0.1, 0.15) is 12.6 Å². The molecule has 8 heteroatoms. The molecular weight excluding hydrogens is 534 g/mol. The number of carbonyl (C=O) groups is 2. The van der Waals surface area contributed by atoms with Crippen LogP contribution >= 0.6 is 0 Å². The van der Waals surface area contributed by atoms with Crippen molar-refractivity contribution in [3.63, 3.8) is 0 Å². The fraction of sp³-hybridized carbons (Fsp3) is 0.394. The summed E-state index contributed by atoms with van der Waals surface area (Å²) in [6.07, 6.45) is 5.61. The van der Waals surface area contributed by atoms with E-state index in [4.69, 9.17) is 0 Å². The van der Waals surface area contributed by atoms with Gasteiger partial charge in [0, 0.05) is 12.6 Å². The zero-order valence-corrected chi connectivity index (χ0v) is 25.1. The number of amides is 2. The van der Waals surface area contributed by atoms with E-state index in [1.165, 1.54) is 22.9 Å². The molecule has 1 unspecified atom stereocenters. The van der Waals surface area contributed by atoms with Crippen LogP contribution in [0.3, 0.4) is 0 Å². The van der Waals surface area contributed by atoms with Crippen LogP contribution in [0.5, 0.6) is 0 Å². The zero-order chi connectivity index (χ0) is 29.4. The number of aryl methyl sites for hydroxylation is 2.